The molecule has 204 valence electrons. The summed E-state index contributed by atoms with van der Waals surface area (Å²) in [7, 11) is 1.49. The first-order valence-electron chi connectivity index (χ1n) is 12.3. The molecule has 1 N–H and O–H groups in total. The molecule has 1 aromatic heterocycles. The monoisotopic (exact) mass is 560 g/mol. The summed E-state index contributed by atoms with van der Waals surface area (Å²) >= 11 is 6.28. The summed E-state index contributed by atoms with van der Waals surface area (Å²) in [6.07, 6.45) is 1.31. The number of hydrogen-bond acceptors (Lipinski definition) is 7. The molecule has 0 unspecified atom stereocenters. The molecular weight excluding hydrogens is 536 g/mol. The Balaban J connectivity index is 1.80. The number of rotatable bonds is 8. The molecule has 0 aliphatic heterocycles. The van der Waals surface area contributed by atoms with Crippen LogP contribution in [0.3, 0.4) is 0 Å². The number of hydrogen-bond donors (Lipinski definition) is 1. The maximum absolute atomic E-state index is 13.2. The van der Waals surface area contributed by atoms with Crippen LogP contribution in [0.5, 0.6) is 5.75 Å². The molecule has 8 nitrogen and oxygen atoms in total. The van der Waals surface area contributed by atoms with Crippen LogP contribution >= 0.6 is 11.6 Å². The van der Waals surface area contributed by atoms with Gasteiger partial charge < -0.3 is 19.0 Å². The molecule has 0 aliphatic carbocycles. The van der Waals surface area contributed by atoms with Crippen LogP contribution in [-0.4, -0.2) is 30.1 Å². The SMILES string of the molecule is CCC(=Cc1cccc(-c2c(CC(=O)OC(=O)c3ccc(OC)cc3)c(=O)oc3cc(Cl)c(C)cc23)c1)C(=O)O. The lowest BCUT2D eigenvalue weighted by atomic mass is 9.93. The van der Waals surface area contributed by atoms with Crippen LogP contribution in [0.1, 0.15) is 40.4 Å². The third-order valence-electron chi connectivity index (χ3n) is 6.31. The minimum Gasteiger partial charge on any atom is -0.497 e. The second-order valence-corrected chi connectivity index (χ2v) is 9.37. The number of ether oxygens (including phenoxy) is 2. The van der Waals surface area contributed by atoms with Gasteiger partial charge in [-0.1, -0.05) is 36.7 Å². The highest BCUT2D eigenvalue weighted by Crippen LogP contribution is 2.34. The topological polar surface area (TPSA) is 120 Å². The fraction of sp³-hybridized carbons (Fsp3) is 0.161. The Morgan fingerprint density at radius 1 is 1.05 bits per heavy atom. The van der Waals surface area contributed by atoms with Crippen LogP contribution in [-0.2, 0) is 20.7 Å². The van der Waals surface area contributed by atoms with Gasteiger partial charge in [-0.15, -0.1) is 0 Å². The molecule has 0 bridgehead atoms. The molecule has 0 saturated carbocycles. The van der Waals surface area contributed by atoms with Gasteiger partial charge in [0, 0.05) is 27.6 Å². The minimum atomic E-state index is -1.03. The Morgan fingerprint density at radius 3 is 2.42 bits per heavy atom. The van der Waals surface area contributed by atoms with Crippen LogP contribution in [0, 0.1) is 6.92 Å². The van der Waals surface area contributed by atoms with E-state index >= 15 is 0 Å². The maximum atomic E-state index is 13.2. The number of methoxy groups -OCH3 is 1. The smallest absolute Gasteiger partial charge is 0.345 e. The van der Waals surface area contributed by atoms with Gasteiger partial charge in [-0.05, 0) is 72.5 Å². The highest BCUT2D eigenvalue weighted by molar-refractivity contribution is 6.32. The number of fused-ring (bicyclic) bond motifs is 1. The summed E-state index contributed by atoms with van der Waals surface area (Å²) in [5.74, 6) is -2.33. The van der Waals surface area contributed by atoms with Crippen molar-refractivity contribution in [1.82, 2.24) is 0 Å². The van der Waals surface area contributed by atoms with E-state index in [-0.39, 0.29) is 22.3 Å². The zero-order valence-corrected chi connectivity index (χ0v) is 22.7. The van der Waals surface area contributed by atoms with Crippen molar-refractivity contribution in [1.29, 1.82) is 0 Å². The summed E-state index contributed by atoms with van der Waals surface area (Å²) in [5, 5.41) is 10.4. The highest BCUT2D eigenvalue weighted by Gasteiger charge is 2.23. The summed E-state index contributed by atoms with van der Waals surface area (Å²) in [6.45, 7) is 3.53. The fourth-order valence-electron chi connectivity index (χ4n) is 4.23. The van der Waals surface area contributed by atoms with E-state index in [4.69, 9.17) is 25.5 Å². The van der Waals surface area contributed by atoms with Gasteiger partial charge in [0.2, 0.25) is 0 Å². The van der Waals surface area contributed by atoms with E-state index in [2.05, 4.69) is 0 Å². The lowest BCUT2D eigenvalue weighted by Gasteiger charge is -2.14. The molecular formula is C31H25ClO8. The summed E-state index contributed by atoms with van der Waals surface area (Å²) in [5.41, 5.74) is 1.97. The molecule has 0 aliphatic rings. The summed E-state index contributed by atoms with van der Waals surface area (Å²) in [6, 6.07) is 16.2. The zero-order chi connectivity index (χ0) is 29.0. The van der Waals surface area contributed by atoms with Crippen molar-refractivity contribution < 1.29 is 33.4 Å². The second kappa shape index (κ2) is 12.0. The first-order chi connectivity index (χ1) is 19.1. The number of carboxylic acids is 1. The van der Waals surface area contributed by atoms with Gasteiger partial charge in [0.1, 0.15) is 11.3 Å². The Kier molecular flexibility index (Phi) is 8.50. The zero-order valence-electron chi connectivity index (χ0n) is 21.9. The van der Waals surface area contributed by atoms with E-state index in [1.807, 2.05) is 0 Å². The Labute approximate surface area is 234 Å². The third-order valence-corrected chi connectivity index (χ3v) is 6.71. The predicted octanol–water partition coefficient (Wildman–Crippen LogP) is 6.23. The quantitative estimate of drug-likeness (QED) is 0.116. The van der Waals surface area contributed by atoms with Gasteiger partial charge in [0.05, 0.1) is 24.7 Å². The van der Waals surface area contributed by atoms with Gasteiger partial charge in [0.25, 0.3) is 0 Å². The second-order valence-electron chi connectivity index (χ2n) is 8.96. The summed E-state index contributed by atoms with van der Waals surface area (Å²) < 4.78 is 15.6. The van der Waals surface area contributed by atoms with Crippen molar-refractivity contribution in [2.75, 3.05) is 7.11 Å². The maximum Gasteiger partial charge on any atom is 0.345 e. The lowest BCUT2D eigenvalue weighted by Crippen LogP contribution is -2.20. The molecule has 0 radical (unpaired) electrons. The Bertz CT molecular complexity index is 1710. The van der Waals surface area contributed by atoms with Gasteiger partial charge in [0.15, 0.2) is 0 Å². The van der Waals surface area contributed by atoms with E-state index in [0.29, 0.717) is 44.8 Å². The molecule has 0 fully saturated rings. The molecule has 4 aromatic rings. The number of halogens is 1. The van der Waals surface area contributed by atoms with Crippen LogP contribution in [0.2, 0.25) is 5.02 Å². The van der Waals surface area contributed by atoms with Crippen molar-refractivity contribution in [3.05, 3.63) is 104 Å². The number of aliphatic carboxylic acids is 1. The van der Waals surface area contributed by atoms with Gasteiger partial charge >= 0.3 is 23.5 Å². The number of carbonyl (C=O) groups excluding carboxylic acids is 2. The predicted molar refractivity (Wildman–Crippen MR) is 151 cm³/mol. The summed E-state index contributed by atoms with van der Waals surface area (Å²) in [4.78, 5) is 50.2. The van der Waals surface area contributed by atoms with E-state index in [1.165, 1.54) is 25.3 Å². The van der Waals surface area contributed by atoms with Crippen molar-refractivity contribution >= 4 is 46.6 Å². The van der Waals surface area contributed by atoms with Crippen LogP contribution in [0.4, 0.5) is 0 Å². The molecule has 0 saturated heterocycles. The standard InChI is InChI=1S/C31H25ClO8/c1-4-19(29(34)35)13-18-6-5-7-21(14-18)28-23-12-17(2)25(32)16-26(23)39-31(37)24(28)15-27(33)40-30(36)20-8-10-22(38-3)11-9-20/h5-14,16H,4,15H2,1-3H3,(H,34,35). The number of carbonyl (C=O) groups is 3. The Morgan fingerprint density at radius 2 is 1.77 bits per heavy atom. The molecule has 40 heavy (non-hydrogen) atoms. The molecule has 9 heteroatoms. The average molecular weight is 561 g/mol. The van der Waals surface area contributed by atoms with E-state index in [0.717, 1.165) is 0 Å². The van der Waals surface area contributed by atoms with E-state index in [9.17, 15) is 24.3 Å². The number of carboxylic acid groups (broad SMARTS) is 1. The molecule has 0 atom stereocenters. The van der Waals surface area contributed by atoms with Crippen LogP contribution in [0.15, 0.2) is 75.4 Å². The minimum absolute atomic E-state index is 0.0168. The number of esters is 2. The van der Waals surface area contributed by atoms with E-state index < -0.39 is 30.0 Å². The Hall–Kier alpha value is -4.69. The molecule has 0 amide bonds. The molecule has 4 rings (SSSR count). The first-order valence-corrected chi connectivity index (χ1v) is 12.7. The lowest BCUT2D eigenvalue weighted by molar-refractivity contribution is -0.137. The number of benzene rings is 3. The van der Waals surface area contributed by atoms with Gasteiger partial charge in [-0.3, -0.25) is 4.79 Å². The van der Waals surface area contributed by atoms with Crippen molar-refractivity contribution in [3.63, 3.8) is 0 Å². The van der Waals surface area contributed by atoms with E-state index in [1.54, 1.807) is 62.4 Å². The first kappa shape index (κ1) is 28.3. The normalized spacial score (nSPS) is 11.3. The van der Waals surface area contributed by atoms with Crippen molar-refractivity contribution in [2.24, 2.45) is 0 Å². The van der Waals surface area contributed by atoms with Gasteiger partial charge in [-0.2, -0.15) is 0 Å². The average Bonchev–Trinajstić information content (AvgIpc) is 2.93. The number of aryl methyl sites for hydroxylation is 1. The third kappa shape index (κ3) is 6.13. The van der Waals surface area contributed by atoms with Crippen LogP contribution in [0.25, 0.3) is 28.2 Å². The molecule has 3 aromatic carbocycles. The fourth-order valence-corrected chi connectivity index (χ4v) is 4.38. The van der Waals surface area contributed by atoms with Crippen LogP contribution < -0.4 is 10.4 Å². The largest absolute Gasteiger partial charge is 0.497 e. The molecule has 1 heterocycles. The highest BCUT2D eigenvalue weighted by atomic mass is 35.5. The van der Waals surface area contributed by atoms with Crippen molar-refractivity contribution in [3.8, 4) is 16.9 Å². The van der Waals surface area contributed by atoms with Gasteiger partial charge in [-0.25, -0.2) is 14.4 Å². The van der Waals surface area contributed by atoms with Crippen molar-refractivity contribution in [2.45, 2.75) is 26.7 Å². The molecule has 0 spiro atoms.